The lowest BCUT2D eigenvalue weighted by atomic mass is 10.1. The number of anilines is 3. The predicted octanol–water partition coefficient (Wildman–Crippen LogP) is 1.21. The van der Waals surface area contributed by atoms with Gasteiger partial charge in [0.2, 0.25) is 0 Å². The van der Waals surface area contributed by atoms with Gasteiger partial charge < -0.3 is 26.8 Å². The number of aromatic carboxylic acids is 1. The molecule has 0 fully saturated rings. The van der Waals surface area contributed by atoms with Gasteiger partial charge in [0.05, 0.1) is 11.8 Å². The summed E-state index contributed by atoms with van der Waals surface area (Å²) in [4.78, 5) is 68.3. The van der Waals surface area contributed by atoms with E-state index in [4.69, 9.17) is 10.8 Å². The molecule has 40 heavy (non-hydrogen) atoms. The average molecular weight is 540 g/mol. The number of nitrogens with two attached hydrogens (primary N) is 1. The van der Waals surface area contributed by atoms with Gasteiger partial charge in [0.15, 0.2) is 5.65 Å². The molecule has 0 atom stereocenters. The van der Waals surface area contributed by atoms with Crippen molar-refractivity contribution in [3.63, 3.8) is 0 Å². The molecule has 5 aromatic rings. The predicted molar refractivity (Wildman–Crippen MR) is 144 cm³/mol. The third-order valence-corrected chi connectivity index (χ3v) is 6.10. The van der Waals surface area contributed by atoms with Crippen molar-refractivity contribution < 1.29 is 19.5 Å². The quantitative estimate of drug-likeness (QED) is 0.170. The molecule has 0 aliphatic rings. The van der Waals surface area contributed by atoms with Crippen molar-refractivity contribution in [2.75, 3.05) is 11.1 Å². The molecule has 0 aliphatic carbocycles. The maximum Gasteiger partial charge on any atom is 0.335 e. The highest BCUT2D eigenvalue weighted by Gasteiger charge is 2.19. The minimum Gasteiger partial charge on any atom is -0.478 e. The second-order valence-electron chi connectivity index (χ2n) is 8.79. The molecule has 6 N–H and O–H groups in total. The molecule has 2 aromatic heterocycles. The summed E-state index contributed by atoms with van der Waals surface area (Å²) in [5.41, 5.74) is 6.51. The molecule has 13 heteroatoms. The largest absolute Gasteiger partial charge is 0.478 e. The highest BCUT2D eigenvalue weighted by molar-refractivity contribution is 5.98. The van der Waals surface area contributed by atoms with Crippen molar-refractivity contribution >= 4 is 40.5 Å². The van der Waals surface area contributed by atoms with Gasteiger partial charge in [0.25, 0.3) is 22.7 Å². The summed E-state index contributed by atoms with van der Waals surface area (Å²) in [5, 5.41) is 17.3. The van der Waals surface area contributed by atoms with E-state index in [1.807, 2.05) is 0 Å². The van der Waals surface area contributed by atoms with E-state index in [0.29, 0.717) is 22.5 Å². The number of carbonyl (C=O) groups excluding carboxylic acids is 2. The van der Waals surface area contributed by atoms with Crippen LogP contribution in [0.4, 0.5) is 17.1 Å². The van der Waals surface area contributed by atoms with Gasteiger partial charge in [0, 0.05) is 18.8 Å². The second kappa shape index (κ2) is 10.5. The molecule has 0 bridgehead atoms. The number of benzene rings is 2. The molecule has 2 heterocycles. The minimum absolute atomic E-state index is 0.00486. The Bertz CT molecular complexity index is 1850. The molecule has 3 aromatic carbocycles. The fraction of sp³-hybridized carbons (Fsp3) is 0.0741. The first-order chi connectivity index (χ1) is 19.2. The van der Waals surface area contributed by atoms with Crippen molar-refractivity contribution in [2.24, 2.45) is 0 Å². The fourth-order valence-electron chi connectivity index (χ4n) is 3.95. The van der Waals surface area contributed by atoms with Crippen molar-refractivity contribution in [3.05, 3.63) is 116 Å². The summed E-state index contributed by atoms with van der Waals surface area (Å²) < 4.78 is 1.45. The van der Waals surface area contributed by atoms with Crippen LogP contribution in [-0.2, 0) is 13.1 Å². The van der Waals surface area contributed by atoms with Crippen LogP contribution in [-0.4, -0.2) is 37.3 Å². The van der Waals surface area contributed by atoms with Gasteiger partial charge in [0.1, 0.15) is 29.1 Å². The molecule has 0 aliphatic heterocycles. The number of hydrogen-bond acceptors (Lipinski definition) is 9. The van der Waals surface area contributed by atoms with Gasteiger partial charge in [-0.1, -0.05) is 24.3 Å². The molecular formula is C27H21N7O6. The average Bonchev–Trinajstić information content (AvgIpc) is 3.45. The molecule has 200 valence electrons. The van der Waals surface area contributed by atoms with Crippen molar-refractivity contribution in [2.45, 2.75) is 13.1 Å². The van der Waals surface area contributed by atoms with Crippen molar-refractivity contribution in [1.29, 1.82) is 0 Å². The monoisotopic (exact) mass is 539 g/mol. The number of aromatic nitrogens is 3. The first kappa shape index (κ1) is 25.8. The van der Waals surface area contributed by atoms with Crippen LogP contribution in [0.3, 0.4) is 0 Å². The Kier molecular flexibility index (Phi) is 6.76. The lowest BCUT2D eigenvalue weighted by molar-refractivity contribution is 0.0696. The summed E-state index contributed by atoms with van der Waals surface area (Å²) in [6.45, 7) is 0.237. The van der Waals surface area contributed by atoms with Crippen LogP contribution in [0.1, 0.15) is 42.5 Å². The van der Waals surface area contributed by atoms with Gasteiger partial charge in [-0.2, -0.15) is 0 Å². The van der Waals surface area contributed by atoms with Gasteiger partial charge in [-0.25, -0.2) is 14.8 Å². The zero-order chi connectivity index (χ0) is 28.4. The summed E-state index contributed by atoms with van der Waals surface area (Å²) in [6.07, 6.45) is 2.82. The Morgan fingerprint density at radius 2 is 1.62 bits per heavy atom. The van der Waals surface area contributed by atoms with E-state index < -0.39 is 28.6 Å². The topological polar surface area (TPSA) is 198 Å². The molecule has 0 saturated carbocycles. The van der Waals surface area contributed by atoms with Crippen LogP contribution in [0.2, 0.25) is 0 Å². The van der Waals surface area contributed by atoms with E-state index in [9.17, 15) is 24.0 Å². The van der Waals surface area contributed by atoms with Gasteiger partial charge in [-0.05, 0) is 41.5 Å². The van der Waals surface area contributed by atoms with E-state index in [1.165, 1.54) is 35.1 Å². The molecule has 2 amide bonds. The van der Waals surface area contributed by atoms with Crippen LogP contribution in [0.5, 0.6) is 0 Å². The molecule has 0 radical (unpaired) electrons. The number of fused-ring (bicyclic) bond motifs is 1. The Labute approximate surface area is 225 Å². The molecular weight excluding hydrogens is 518 g/mol. The van der Waals surface area contributed by atoms with Crippen molar-refractivity contribution in [3.8, 4) is 0 Å². The number of carbonyl (C=O) groups is 3. The summed E-state index contributed by atoms with van der Waals surface area (Å²) in [5.74, 6) is -2.07. The van der Waals surface area contributed by atoms with Gasteiger partial charge in [-0.3, -0.25) is 23.6 Å². The molecule has 0 saturated heterocycles. The third kappa shape index (κ3) is 5.11. The molecule has 5 rings (SSSR count). The Morgan fingerprint density at radius 3 is 2.35 bits per heavy atom. The van der Waals surface area contributed by atoms with E-state index in [1.54, 1.807) is 36.4 Å². The van der Waals surface area contributed by atoms with Crippen LogP contribution in [0, 0.1) is 0 Å². The normalized spacial score (nSPS) is 10.9. The highest BCUT2D eigenvalue weighted by Crippen LogP contribution is 2.19. The maximum atomic E-state index is 13.0. The number of rotatable bonds is 9. The van der Waals surface area contributed by atoms with E-state index in [2.05, 4.69) is 25.9 Å². The smallest absolute Gasteiger partial charge is 0.335 e. The zero-order valence-electron chi connectivity index (χ0n) is 20.7. The Balaban J connectivity index is 1.27. The number of nitrogen functional groups attached to an aromatic ring is 1. The molecule has 13 nitrogen and oxygen atoms in total. The SMILES string of the molecule is Nc1c(Nc2cccc(CNC(=O)c3cc(C(=O)NCc4ccc(C(=O)O)cc4)n4cncc4n3)c2)c(=O)c1=O. The zero-order valence-corrected chi connectivity index (χ0v) is 20.7. The summed E-state index contributed by atoms with van der Waals surface area (Å²) in [7, 11) is 0. The Hall–Kier alpha value is -5.85. The van der Waals surface area contributed by atoms with E-state index in [-0.39, 0.29) is 41.4 Å². The van der Waals surface area contributed by atoms with Gasteiger partial charge >= 0.3 is 5.97 Å². The first-order valence-electron chi connectivity index (χ1n) is 11.9. The highest BCUT2D eigenvalue weighted by atomic mass is 16.4. The number of amides is 2. The third-order valence-electron chi connectivity index (χ3n) is 6.10. The van der Waals surface area contributed by atoms with Crippen LogP contribution >= 0.6 is 0 Å². The number of nitrogens with zero attached hydrogens (tertiary/aromatic N) is 3. The van der Waals surface area contributed by atoms with Crippen LogP contribution < -0.4 is 32.5 Å². The fourth-order valence-corrected chi connectivity index (χ4v) is 3.95. The number of carboxylic acid groups (broad SMARTS) is 1. The summed E-state index contributed by atoms with van der Waals surface area (Å²) >= 11 is 0. The van der Waals surface area contributed by atoms with Crippen LogP contribution in [0.15, 0.2) is 76.7 Å². The molecule has 0 spiro atoms. The second-order valence-corrected chi connectivity index (χ2v) is 8.79. The lowest BCUT2D eigenvalue weighted by Gasteiger charge is -2.12. The van der Waals surface area contributed by atoms with Crippen molar-refractivity contribution in [1.82, 2.24) is 25.0 Å². The Morgan fingerprint density at radius 1 is 0.900 bits per heavy atom. The maximum absolute atomic E-state index is 13.0. The first-order valence-corrected chi connectivity index (χ1v) is 11.9. The molecule has 0 unspecified atom stereocenters. The standard InChI is InChI=1S/C27H21N7O6/c28-21-22(24(36)23(21)35)32-17-3-1-2-15(8-17)11-30-25(37)18-9-19(34-13-29-12-20(34)33-18)26(38)31-10-14-4-6-16(7-5-14)27(39)40/h1-9,12-13,32H,10-11,28H2,(H,30,37)(H,31,38)(H,39,40). The number of carboxylic acids is 1. The van der Waals surface area contributed by atoms with E-state index in [0.717, 1.165) is 0 Å². The lowest BCUT2D eigenvalue weighted by Crippen LogP contribution is -2.36. The number of nitrogens with one attached hydrogen (secondary N) is 3. The number of imidazole rings is 1. The van der Waals surface area contributed by atoms with E-state index >= 15 is 0 Å². The number of hydrogen-bond donors (Lipinski definition) is 5. The van der Waals surface area contributed by atoms with Crippen LogP contribution in [0.25, 0.3) is 5.65 Å². The minimum atomic E-state index is -1.05. The summed E-state index contributed by atoms with van der Waals surface area (Å²) in [6, 6.07) is 14.3. The van der Waals surface area contributed by atoms with Gasteiger partial charge in [-0.15, -0.1) is 0 Å².